The Morgan fingerprint density at radius 2 is 0.694 bits per heavy atom. The molecule has 0 aliphatic carbocycles. The molecule has 8 nitrogen and oxygen atoms in total. The highest BCUT2D eigenvalue weighted by Crippen LogP contribution is 2.52. The largest absolute Gasteiger partial charge is 0.413 e. The summed E-state index contributed by atoms with van der Waals surface area (Å²) in [6.07, 6.45) is 6.21. The number of epoxide rings is 2. The monoisotopic (exact) mass is 1120 g/mol. The molecule has 0 N–H and O–H groups in total. The Morgan fingerprint density at radius 3 is 0.875 bits per heavy atom. The number of rotatable bonds is 28. The van der Waals surface area contributed by atoms with Gasteiger partial charge in [0.15, 0.2) is 49.9 Å². The van der Waals surface area contributed by atoms with Crippen molar-refractivity contribution < 1.29 is 36.0 Å². The Bertz CT molecular complexity index is 1550. The maximum absolute atomic E-state index is 7.13. The third-order valence-electron chi connectivity index (χ3n) is 17.2. The molecule has 0 saturated carbocycles. The molecule has 2 fully saturated rings. The predicted molar refractivity (Wildman–Crippen MR) is 329 cm³/mol. The molecule has 0 aromatic heterocycles. The van der Waals surface area contributed by atoms with Crippen molar-refractivity contribution in [1.29, 1.82) is 0 Å². The van der Waals surface area contributed by atoms with E-state index in [1.165, 1.54) is 11.1 Å². The molecule has 2 rings (SSSR count). The molecular formula is C58H124O8Si6. The summed E-state index contributed by atoms with van der Waals surface area (Å²) < 4.78 is 55.3. The molecule has 0 unspecified atom stereocenters. The fourth-order valence-electron chi connectivity index (χ4n) is 11.6. The topological polar surface area (TPSA) is 80.4 Å². The van der Waals surface area contributed by atoms with Gasteiger partial charge >= 0.3 is 0 Å². The minimum atomic E-state index is -2.05. The Morgan fingerprint density at radius 1 is 0.458 bits per heavy atom. The fourth-order valence-corrected chi connectivity index (χ4v) is 27.4. The number of hydrogen-bond acceptors (Lipinski definition) is 8. The highest BCUT2D eigenvalue weighted by Gasteiger charge is 2.66. The third-order valence-corrected chi connectivity index (χ3v) is 40.3. The zero-order valence-corrected chi connectivity index (χ0v) is 60.2. The zero-order chi connectivity index (χ0) is 57.0. The Balaban J connectivity index is 0.000000720. The van der Waals surface area contributed by atoms with Crippen molar-refractivity contribution in [1.82, 2.24) is 0 Å². The van der Waals surface area contributed by atoms with Gasteiger partial charge in [-0.1, -0.05) is 151 Å². The number of ether oxygens (including phenoxy) is 2. The van der Waals surface area contributed by atoms with Gasteiger partial charge in [0.05, 0.1) is 37.6 Å². The van der Waals surface area contributed by atoms with Gasteiger partial charge in [-0.15, -0.1) is 0 Å². The van der Waals surface area contributed by atoms with Gasteiger partial charge in [0, 0.05) is 0 Å². The SMILES string of the molecule is CC/C=C(\C)[C@@H](O[Si](C)(C)C)[C@]1(C)O[C@H]1[C@@H](CO[Si](C(C)C)(C(C)C)C(C)C)O[Si](C)(C)C(C)(C)C.CC/C=C(\C)[C@H](O[Si](C)(C)C)[C@]1(C)O[C@H]1[C@@H](CO[Si](C(C)C)(C(C)C)C(C)C)O[Si](C)(C)C(C)(C)C. The van der Waals surface area contributed by atoms with Gasteiger partial charge in [-0.05, 0) is 160 Å². The Kier molecular flexibility index (Phi) is 25.6. The molecule has 2 heterocycles. The summed E-state index contributed by atoms with van der Waals surface area (Å²) in [7, 11) is -11.7. The average molecular weight is 1120 g/mol. The van der Waals surface area contributed by atoms with Crippen LogP contribution < -0.4 is 0 Å². The van der Waals surface area contributed by atoms with Crippen LogP contribution in [0.25, 0.3) is 0 Å². The van der Waals surface area contributed by atoms with Gasteiger partial charge in [0.2, 0.25) is 0 Å². The van der Waals surface area contributed by atoms with Crippen molar-refractivity contribution in [3.05, 3.63) is 23.3 Å². The second kappa shape index (κ2) is 26.2. The van der Waals surface area contributed by atoms with Gasteiger partial charge in [0.1, 0.15) is 23.4 Å². The van der Waals surface area contributed by atoms with Crippen molar-refractivity contribution in [3.8, 4) is 0 Å². The quantitative estimate of drug-likeness (QED) is 0.0436. The van der Waals surface area contributed by atoms with E-state index in [9.17, 15) is 0 Å². The minimum Gasteiger partial charge on any atom is -0.413 e. The van der Waals surface area contributed by atoms with Gasteiger partial charge in [-0.3, -0.25) is 0 Å². The molecule has 72 heavy (non-hydrogen) atoms. The Hall–Kier alpha value is 0.461. The van der Waals surface area contributed by atoms with Crippen molar-refractivity contribution >= 4 is 49.9 Å². The van der Waals surface area contributed by atoms with Crippen molar-refractivity contribution in [2.45, 2.75) is 336 Å². The molecule has 0 bridgehead atoms. The highest BCUT2D eigenvalue weighted by molar-refractivity contribution is 6.78. The number of allylic oxidation sites excluding steroid dienone is 2. The first-order valence-corrected chi connectivity index (χ1v) is 45.7. The molecule has 2 saturated heterocycles. The van der Waals surface area contributed by atoms with Crippen LogP contribution >= 0.6 is 0 Å². The summed E-state index contributed by atoms with van der Waals surface area (Å²) in [5.74, 6) is 0. The lowest BCUT2D eigenvalue weighted by atomic mass is 9.92. The standard InChI is InChI=1S/2C29H62O4Si3/c2*1-18-19-24(8)26(33-34(13,14)15)29(12)27(31-29)25(32-35(16,17)28(9,10)11)20-30-36(21(2)3,22(4)5)23(6)7/h2*19,21-23,25-27H,18,20H2,1-17H3/b2*24-19+/t25-,26+,27+,29+;25-,26-,27+,29+/m11/s1. The van der Waals surface area contributed by atoms with Gasteiger partial charge < -0.3 is 36.0 Å². The minimum absolute atomic E-state index is 0.0358. The number of hydrogen-bond donors (Lipinski definition) is 0. The molecule has 0 aromatic carbocycles. The van der Waals surface area contributed by atoms with Gasteiger partial charge in [0.25, 0.3) is 0 Å². The van der Waals surface area contributed by atoms with E-state index in [1.54, 1.807) is 0 Å². The normalized spacial score (nSPS) is 24.1. The Labute approximate surface area is 455 Å². The van der Waals surface area contributed by atoms with Gasteiger partial charge in [-0.25, -0.2) is 0 Å². The molecule has 0 aromatic rings. The molecule has 0 spiro atoms. The summed E-state index contributed by atoms with van der Waals surface area (Å²) in [6.45, 7) is 79.5. The summed E-state index contributed by atoms with van der Waals surface area (Å²) in [5, 5.41) is 0.233. The molecule has 14 heteroatoms. The van der Waals surface area contributed by atoms with E-state index >= 15 is 0 Å². The van der Waals surface area contributed by atoms with E-state index in [0.29, 0.717) is 46.5 Å². The van der Waals surface area contributed by atoms with E-state index in [4.69, 9.17) is 36.0 Å². The highest BCUT2D eigenvalue weighted by atomic mass is 28.4. The summed E-state index contributed by atoms with van der Waals surface area (Å²) in [6, 6.07) is 0. The average Bonchev–Trinajstić information content (AvgIpc) is 4.07. The van der Waals surface area contributed by atoms with Crippen LogP contribution in [0.4, 0.5) is 0 Å². The summed E-state index contributed by atoms with van der Waals surface area (Å²) in [5.41, 5.74) is 4.97. The third kappa shape index (κ3) is 17.7. The van der Waals surface area contributed by atoms with Crippen LogP contribution in [0.15, 0.2) is 23.3 Å². The first kappa shape index (κ1) is 70.5. The van der Waals surface area contributed by atoms with E-state index in [2.05, 4.69) is 244 Å². The fraction of sp³-hybridized carbons (Fsp3) is 0.931. The molecule has 0 amide bonds. The summed E-state index contributed by atoms with van der Waals surface area (Å²) >= 11 is 0. The van der Waals surface area contributed by atoms with Gasteiger partial charge in [-0.2, -0.15) is 0 Å². The predicted octanol–water partition coefficient (Wildman–Crippen LogP) is 18.6. The van der Waals surface area contributed by atoms with Crippen LogP contribution in [-0.4, -0.2) is 111 Å². The molecule has 2 aliphatic rings. The maximum Gasteiger partial charge on any atom is 0.200 e. The first-order valence-electron chi connectivity index (χ1n) is 28.8. The lowest BCUT2D eigenvalue weighted by Crippen LogP contribution is -2.53. The van der Waals surface area contributed by atoms with E-state index in [0.717, 1.165) is 12.8 Å². The summed E-state index contributed by atoms with van der Waals surface area (Å²) in [4.78, 5) is 0. The lowest BCUT2D eigenvalue weighted by Gasteiger charge is -2.44. The second-order valence-electron chi connectivity index (χ2n) is 29.5. The molecule has 8 atom stereocenters. The van der Waals surface area contributed by atoms with Crippen LogP contribution in [0, 0.1) is 0 Å². The molecule has 428 valence electrons. The van der Waals surface area contributed by atoms with E-state index in [-0.39, 0.29) is 46.7 Å². The molecule has 2 aliphatic heterocycles. The second-order valence-corrected chi connectivity index (χ2v) is 58.8. The van der Waals surface area contributed by atoms with Crippen LogP contribution in [0.2, 0.25) is 109 Å². The lowest BCUT2D eigenvalue weighted by molar-refractivity contribution is 0.0807. The van der Waals surface area contributed by atoms with E-state index in [1.807, 2.05) is 0 Å². The molecular weight excluding hydrogens is 993 g/mol. The molecule has 0 radical (unpaired) electrons. The van der Waals surface area contributed by atoms with Crippen LogP contribution in [-0.2, 0) is 36.0 Å². The van der Waals surface area contributed by atoms with Crippen LogP contribution in [0.5, 0.6) is 0 Å². The van der Waals surface area contributed by atoms with E-state index < -0.39 is 61.1 Å². The van der Waals surface area contributed by atoms with Crippen LogP contribution in [0.3, 0.4) is 0 Å². The zero-order valence-electron chi connectivity index (χ0n) is 54.2. The maximum atomic E-state index is 7.13. The van der Waals surface area contributed by atoms with Crippen molar-refractivity contribution in [2.75, 3.05) is 13.2 Å². The van der Waals surface area contributed by atoms with Crippen LogP contribution in [0.1, 0.15) is 179 Å². The smallest absolute Gasteiger partial charge is 0.200 e. The van der Waals surface area contributed by atoms with Crippen molar-refractivity contribution in [3.63, 3.8) is 0 Å². The van der Waals surface area contributed by atoms with Crippen molar-refractivity contribution in [2.24, 2.45) is 0 Å². The first-order chi connectivity index (χ1) is 32.1.